The molecule has 0 heterocycles. The second kappa shape index (κ2) is 17.9. The van der Waals surface area contributed by atoms with E-state index in [1.54, 1.807) is 41.5 Å². The van der Waals surface area contributed by atoms with Crippen LogP contribution in [0.1, 0.15) is 114 Å². The Kier molecular flexibility index (Phi) is 13.8. The topological polar surface area (TPSA) is 161 Å². The fraction of sp³-hybridized carbons (Fsp3) is 0.725. The van der Waals surface area contributed by atoms with E-state index in [4.69, 9.17) is 9.47 Å². The maximum Gasteiger partial charge on any atom is 0.306 e. The van der Waals surface area contributed by atoms with Crippen molar-refractivity contribution in [2.45, 2.75) is 161 Å². The van der Waals surface area contributed by atoms with Crippen LogP contribution in [0, 0.1) is 57.2 Å². The van der Waals surface area contributed by atoms with Crippen molar-refractivity contribution in [1.29, 1.82) is 0 Å². The second-order valence-corrected chi connectivity index (χ2v) is 23.5. The standard InChI is InChI=1S/C26H34F2O5S.C25H31F3O5S/c1-6-21(31)33-26(22(32)34-7-2)14(3)10-16-17-12-19(27)18-11-15(29)8-9-23(18,4)25(17,28)20(30)13-24(16,26)5;1-5-20(31)33-25(21(32)34-12-26)13(2)8-15-16-10-18(27)17-9-14(29)6-7-22(17,3)24(16,28)19(30)11-23(15,25)4/h8-9,11,14,16-17,19-20,30H,6-7,10,12-13H2,1-5H3;6-7,9,13,15-16,18-19,30H,5,8,10-12H2,1-4H3/t14-,16+,17?,19+,20+,23+,24+,25+,26+;13-,15+,16?,18+,19+,22+,23+,24+,25+/m11/s1. The van der Waals surface area contributed by atoms with E-state index in [1.807, 2.05) is 13.8 Å². The molecule has 2 N–H and O–H groups in total. The van der Waals surface area contributed by atoms with Crippen LogP contribution < -0.4 is 0 Å². The maximum atomic E-state index is 17.3. The van der Waals surface area contributed by atoms with Gasteiger partial charge in [0, 0.05) is 58.2 Å². The third-order valence-corrected chi connectivity index (χ3v) is 20.1. The van der Waals surface area contributed by atoms with Gasteiger partial charge in [0.05, 0.1) is 12.2 Å². The van der Waals surface area contributed by atoms with Crippen molar-refractivity contribution in [3.63, 3.8) is 0 Å². The highest BCUT2D eigenvalue weighted by Gasteiger charge is 2.80. The molecule has 6 fully saturated rings. The summed E-state index contributed by atoms with van der Waals surface area (Å²) in [7, 11) is 0. The van der Waals surface area contributed by atoms with Crippen LogP contribution in [-0.2, 0) is 38.2 Å². The number of rotatable bonds is 8. The van der Waals surface area contributed by atoms with Crippen molar-refractivity contribution in [2.75, 3.05) is 11.8 Å². The first-order valence-electron chi connectivity index (χ1n) is 23.9. The minimum Gasteiger partial charge on any atom is -0.449 e. The lowest BCUT2D eigenvalue weighted by Crippen LogP contribution is -2.70. The largest absolute Gasteiger partial charge is 0.449 e. The highest BCUT2D eigenvalue weighted by molar-refractivity contribution is 8.14. The highest BCUT2D eigenvalue weighted by Crippen LogP contribution is 2.74. The van der Waals surface area contributed by atoms with Gasteiger partial charge in [-0.3, -0.25) is 28.8 Å². The minimum atomic E-state index is -2.30. The third kappa shape index (κ3) is 6.89. The predicted octanol–water partition coefficient (Wildman–Crippen LogP) is 8.95. The zero-order valence-corrected chi connectivity index (χ0v) is 41.8. The molecule has 0 aromatic rings. The maximum absolute atomic E-state index is 17.3. The lowest BCUT2D eigenvalue weighted by Gasteiger charge is -2.63. The Morgan fingerprint density at radius 3 is 1.35 bits per heavy atom. The summed E-state index contributed by atoms with van der Waals surface area (Å²) in [5, 5.41) is 21.9. The Labute approximate surface area is 403 Å². The van der Waals surface area contributed by atoms with Crippen LogP contribution in [-0.4, -0.2) is 103 Å². The van der Waals surface area contributed by atoms with Gasteiger partial charge in [0.2, 0.25) is 10.2 Å². The van der Waals surface area contributed by atoms with Crippen molar-refractivity contribution in [1.82, 2.24) is 0 Å². The van der Waals surface area contributed by atoms with E-state index < -0.39 is 139 Å². The predicted molar refractivity (Wildman–Crippen MR) is 246 cm³/mol. The monoisotopic (exact) mass is 996 g/mol. The van der Waals surface area contributed by atoms with Gasteiger partial charge < -0.3 is 19.7 Å². The van der Waals surface area contributed by atoms with Gasteiger partial charge in [-0.2, -0.15) is 0 Å². The number of aliphatic hydroxyl groups excluding tert-OH is 2. The Hall–Kier alpha value is -3.15. The summed E-state index contributed by atoms with van der Waals surface area (Å²) >= 11 is 1.46. The number of carbonyl (C=O) groups excluding carboxylic acids is 6. The number of ketones is 2. The smallest absolute Gasteiger partial charge is 0.306 e. The van der Waals surface area contributed by atoms with Gasteiger partial charge in [0.1, 0.15) is 18.3 Å². The lowest BCUT2D eigenvalue weighted by molar-refractivity contribution is -0.228. The summed E-state index contributed by atoms with van der Waals surface area (Å²) < 4.78 is 90.6. The summed E-state index contributed by atoms with van der Waals surface area (Å²) in [6, 6.07) is -1.02. The summed E-state index contributed by atoms with van der Waals surface area (Å²) in [6.07, 6.45) is 1.02. The van der Waals surface area contributed by atoms with Crippen LogP contribution in [0.25, 0.3) is 0 Å². The lowest BCUT2D eigenvalue weighted by atomic mass is 9.44. The van der Waals surface area contributed by atoms with Crippen LogP contribution in [0.2, 0.25) is 0 Å². The molecular weight excluding hydrogens is 932 g/mol. The van der Waals surface area contributed by atoms with Crippen molar-refractivity contribution in [2.24, 2.45) is 57.2 Å². The first-order chi connectivity index (χ1) is 31.7. The van der Waals surface area contributed by atoms with E-state index in [1.165, 1.54) is 31.2 Å². The van der Waals surface area contributed by atoms with E-state index in [0.29, 0.717) is 23.9 Å². The zero-order chi connectivity index (χ0) is 50.5. The van der Waals surface area contributed by atoms with E-state index in [9.17, 15) is 43.4 Å². The molecule has 68 heavy (non-hydrogen) atoms. The van der Waals surface area contributed by atoms with Gasteiger partial charge in [-0.1, -0.05) is 72.4 Å². The fourth-order valence-electron chi connectivity index (χ4n) is 15.3. The SMILES string of the molecule is CCC(=O)O[C@]1(C(=O)SCF)[C@H](C)C[C@H]2C3C[C@H](F)C4=CC(=O)C=C[C@]4(C)[C@@]3(F)[C@@H](O)C[C@@]21C.CCSC(=O)[C@@]1(OC(=O)CC)[C@H](C)C[C@H]2C3C[C@H](F)C4=CC(=O)C=C[C@]4(C)[C@@]3(F)[C@@H](O)C[C@@]21C. The summed E-state index contributed by atoms with van der Waals surface area (Å²) in [5.74, 6) is -5.57. The highest BCUT2D eigenvalue weighted by atomic mass is 32.2. The summed E-state index contributed by atoms with van der Waals surface area (Å²) in [5.41, 5.74) is -13.1. The number of hydrogen-bond donors (Lipinski definition) is 2. The number of alkyl halides is 5. The van der Waals surface area contributed by atoms with Crippen LogP contribution in [0.4, 0.5) is 22.0 Å². The molecule has 8 rings (SSSR count). The van der Waals surface area contributed by atoms with Gasteiger partial charge in [-0.05, 0) is 117 Å². The number of halogens is 5. The minimum absolute atomic E-state index is 0.0141. The number of ether oxygens (including phenoxy) is 2. The van der Waals surface area contributed by atoms with Gasteiger partial charge in [0.15, 0.2) is 34.1 Å². The summed E-state index contributed by atoms with van der Waals surface area (Å²) in [4.78, 5) is 75.9. The van der Waals surface area contributed by atoms with E-state index in [-0.39, 0.29) is 61.2 Å². The van der Waals surface area contributed by atoms with Crippen LogP contribution >= 0.6 is 23.5 Å². The Morgan fingerprint density at radius 2 is 1.01 bits per heavy atom. The number of esters is 2. The number of thioether (sulfide) groups is 2. The number of aliphatic hydroxyl groups is 2. The second-order valence-electron chi connectivity index (χ2n) is 21.4. The molecular formula is C51H65F5O10S2. The van der Waals surface area contributed by atoms with Crippen molar-refractivity contribution in [3.05, 3.63) is 47.6 Å². The molecule has 0 aromatic carbocycles. The molecule has 0 radical (unpaired) electrons. The number of carbonyl (C=O) groups is 6. The molecule has 0 aliphatic heterocycles. The van der Waals surface area contributed by atoms with E-state index >= 15 is 17.6 Å². The molecule has 6 saturated carbocycles. The molecule has 2 unspecified atom stereocenters. The quantitative estimate of drug-likeness (QED) is 0.176. The first kappa shape index (κ1) is 52.7. The Balaban J connectivity index is 0.000000201. The van der Waals surface area contributed by atoms with Gasteiger partial charge in [-0.15, -0.1) is 0 Å². The number of fused-ring (bicyclic) bond motifs is 10. The summed E-state index contributed by atoms with van der Waals surface area (Å²) in [6.45, 7) is 15.1. The van der Waals surface area contributed by atoms with Crippen molar-refractivity contribution >= 4 is 57.3 Å². The van der Waals surface area contributed by atoms with Gasteiger partial charge in [-0.25, -0.2) is 22.0 Å². The van der Waals surface area contributed by atoms with Crippen molar-refractivity contribution < 1.29 is 70.4 Å². The Bertz CT molecular complexity index is 2120. The molecule has 0 aromatic heterocycles. The molecule has 0 spiro atoms. The van der Waals surface area contributed by atoms with E-state index in [0.717, 1.165) is 23.9 Å². The van der Waals surface area contributed by atoms with E-state index in [2.05, 4.69) is 0 Å². The van der Waals surface area contributed by atoms with Crippen LogP contribution in [0.3, 0.4) is 0 Å². The molecule has 17 heteroatoms. The number of allylic oxidation sites excluding steroid dienone is 8. The molecule has 10 nitrogen and oxygen atoms in total. The van der Waals surface area contributed by atoms with Gasteiger partial charge in [0.25, 0.3) is 0 Å². The first-order valence-corrected chi connectivity index (χ1v) is 25.9. The normalized spacial score (nSPS) is 47.4. The third-order valence-electron chi connectivity index (χ3n) is 18.5. The molecule has 0 amide bonds. The molecule has 376 valence electrons. The number of hydrogen-bond acceptors (Lipinski definition) is 12. The molecule has 18 atom stereocenters. The molecule has 8 aliphatic rings. The average Bonchev–Trinajstić information content (AvgIpc) is 3.63. The van der Waals surface area contributed by atoms with Crippen molar-refractivity contribution in [3.8, 4) is 0 Å². The van der Waals surface area contributed by atoms with Crippen LogP contribution in [0.5, 0.6) is 0 Å². The van der Waals surface area contributed by atoms with Gasteiger partial charge >= 0.3 is 11.9 Å². The molecule has 0 bridgehead atoms. The van der Waals surface area contributed by atoms with Crippen LogP contribution in [0.15, 0.2) is 47.6 Å². The fourth-order valence-corrected chi connectivity index (χ4v) is 17.1. The Morgan fingerprint density at radius 1 is 0.647 bits per heavy atom. The molecule has 8 aliphatic carbocycles. The average molecular weight is 997 g/mol. The molecule has 0 saturated heterocycles. The zero-order valence-electron chi connectivity index (χ0n) is 40.2.